The number of likely N-dealkylation sites (N-methyl/N-ethyl adjacent to an activating group) is 1. The lowest BCUT2D eigenvalue weighted by molar-refractivity contribution is 0.102. The molecular formula is C28H32N8O2S. The smallest absolute Gasteiger partial charge is 0.236 e. The molecule has 4 aromatic rings. The first kappa shape index (κ1) is 26.7. The van der Waals surface area contributed by atoms with Crippen molar-refractivity contribution in [3.63, 3.8) is 0 Å². The Hall–Kier alpha value is -3.90. The molecule has 3 heterocycles. The zero-order chi connectivity index (χ0) is 27.2. The molecule has 0 atom stereocenters. The predicted molar refractivity (Wildman–Crippen MR) is 154 cm³/mol. The van der Waals surface area contributed by atoms with E-state index in [0.29, 0.717) is 29.6 Å². The lowest BCUT2D eigenvalue weighted by Crippen LogP contribution is -2.50. The summed E-state index contributed by atoms with van der Waals surface area (Å²) < 4.78 is 27.1. The van der Waals surface area contributed by atoms with E-state index in [4.69, 9.17) is 0 Å². The first-order chi connectivity index (χ1) is 18.8. The molecule has 2 aromatic carbocycles. The number of rotatable bonds is 9. The summed E-state index contributed by atoms with van der Waals surface area (Å²) in [5.41, 5.74) is 7.89. The standard InChI is InChI=1S/C28H32N8O2S/c1-34-15-17-35(18-16-34)31-20-22-8-10-25(11-9-22)36(39(2,37)38)26-7-3-6-24(19-26)32-28-30-14-12-27(33-28)23-5-4-13-29-21-23/h3-14,19,21,31H,15-18,20H2,1-2H3,(H,30,32,33). The second kappa shape index (κ2) is 11.9. The van der Waals surface area contributed by atoms with Crippen molar-refractivity contribution in [2.45, 2.75) is 6.54 Å². The number of benzene rings is 2. The zero-order valence-corrected chi connectivity index (χ0v) is 22.8. The van der Waals surface area contributed by atoms with Crippen LogP contribution in [0.1, 0.15) is 5.56 Å². The van der Waals surface area contributed by atoms with Crippen LogP contribution in [0.15, 0.2) is 85.3 Å². The van der Waals surface area contributed by atoms with Crippen molar-refractivity contribution in [1.82, 2.24) is 30.3 Å². The number of nitrogens with zero attached hydrogens (tertiary/aromatic N) is 6. The Labute approximate surface area is 229 Å². The second-order valence-electron chi connectivity index (χ2n) is 9.50. The molecule has 0 bridgehead atoms. The molecule has 1 saturated heterocycles. The summed E-state index contributed by atoms with van der Waals surface area (Å²) in [7, 11) is -1.48. The van der Waals surface area contributed by atoms with Gasteiger partial charge >= 0.3 is 0 Å². The molecule has 10 nitrogen and oxygen atoms in total. The van der Waals surface area contributed by atoms with Gasteiger partial charge in [-0.2, -0.15) is 0 Å². The van der Waals surface area contributed by atoms with Crippen LogP contribution in [0.5, 0.6) is 0 Å². The van der Waals surface area contributed by atoms with Crippen molar-refractivity contribution in [1.29, 1.82) is 0 Å². The van der Waals surface area contributed by atoms with E-state index in [2.05, 4.69) is 42.7 Å². The SMILES string of the molecule is CN1CCN(NCc2ccc(N(c3cccc(Nc4nccc(-c5cccnc5)n4)c3)S(C)(=O)=O)cc2)CC1. The fraction of sp³-hybridized carbons (Fsp3) is 0.250. The molecule has 39 heavy (non-hydrogen) atoms. The van der Waals surface area contributed by atoms with Gasteiger partial charge in [0.1, 0.15) is 0 Å². The van der Waals surface area contributed by atoms with Crippen molar-refractivity contribution >= 4 is 33.0 Å². The van der Waals surface area contributed by atoms with E-state index < -0.39 is 10.0 Å². The highest BCUT2D eigenvalue weighted by Crippen LogP contribution is 2.31. The van der Waals surface area contributed by atoms with E-state index in [1.165, 1.54) is 10.6 Å². The molecule has 0 saturated carbocycles. The number of aromatic nitrogens is 3. The normalized spacial score (nSPS) is 14.7. The van der Waals surface area contributed by atoms with Crippen molar-refractivity contribution in [2.24, 2.45) is 0 Å². The molecule has 0 amide bonds. The van der Waals surface area contributed by atoms with Crippen LogP contribution in [0.25, 0.3) is 11.3 Å². The van der Waals surface area contributed by atoms with Crippen LogP contribution in [0.2, 0.25) is 0 Å². The van der Waals surface area contributed by atoms with Gasteiger partial charge in [-0.25, -0.2) is 27.7 Å². The monoisotopic (exact) mass is 544 g/mol. The highest BCUT2D eigenvalue weighted by molar-refractivity contribution is 7.92. The van der Waals surface area contributed by atoms with Gasteiger partial charge in [0.05, 0.1) is 23.3 Å². The predicted octanol–water partition coefficient (Wildman–Crippen LogP) is 3.63. The summed E-state index contributed by atoms with van der Waals surface area (Å²) in [5.74, 6) is 0.400. The minimum atomic E-state index is -3.61. The maximum Gasteiger partial charge on any atom is 0.236 e. The maximum atomic E-state index is 12.9. The molecule has 202 valence electrons. The van der Waals surface area contributed by atoms with Crippen LogP contribution in [0, 0.1) is 0 Å². The van der Waals surface area contributed by atoms with Crippen molar-refractivity contribution in [3.8, 4) is 11.3 Å². The van der Waals surface area contributed by atoms with Crippen molar-refractivity contribution in [3.05, 3.63) is 90.9 Å². The highest BCUT2D eigenvalue weighted by Gasteiger charge is 2.20. The molecule has 1 aliphatic heterocycles. The molecule has 1 aliphatic rings. The Morgan fingerprint density at radius 2 is 1.72 bits per heavy atom. The number of pyridine rings is 1. The summed E-state index contributed by atoms with van der Waals surface area (Å²) in [4.78, 5) is 15.4. The van der Waals surface area contributed by atoms with Crippen LogP contribution in [-0.2, 0) is 16.6 Å². The number of sulfonamides is 1. The van der Waals surface area contributed by atoms with E-state index in [-0.39, 0.29) is 0 Å². The van der Waals surface area contributed by atoms with Gasteiger partial charge < -0.3 is 10.2 Å². The number of piperazine rings is 1. The van der Waals surface area contributed by atoms with Gasteiger partial charge in [0, 0.05) is 62.6 Å². The lowest BCUT2D eigenvalue weighted by atomic mass is 10.2. The number of hydrogen-bond donors (Lipinski definition) is 2. The summed E-state index contributed by atoms with van der Waals surface area (Å²) in [6.07, 6.45) is 6.33. The Balaban J connectivity index is 1.32. The molecular weight excluding hydrogens is 512 g/mol. The lowest BCUT2D eigenvalue weighted by Gasteiger charge is -2.32. The molecule has 0 radical (unpaired) electrons. The van der Waals surface area contributed by atoms with Gasteiger partial charge in [0.15, 0.2) is 0 Å². The van der Waals surface area contributed by atoms with Crippen LogP contribution in [0.4, 0.5) is 23.0 Å². The topological polar surface area (TPSA) is 107 Å². The average Bonchev–Trinajstić information content (AvgIpc) is 2.94. The summed E-state index contributed by atoms with van der Waals surface area (Å²) in [6.45, 7) is 4.69. The molecule has 0 aliphatic carbocycles. The highest BCUT2D eigenvalue weighted by atomic mass is 32.2. The minimum absolute atomic E-state index is 0.400. The number of hydrazine groups is 1. The molecule has 1 fully saturated rings. The van der Waals surface area contributed by atoms with E-state index >= 15 is 0 Å². The van der Waals surface area contributed by atoms with Gasteiger partial charge in [-0.05, 0) is 61.1 Å². The Morgan fingerprint density at radius 1 is 0.923 bits per heavy atom. The molecule has 5 rings (SSSR count). The maximum absolute atomic E-state index is 12.9. The average molecular weight is 545 g/mol. The number of anilines is 4. The van der Waals surface area contributed by atoms with Crippen LogP contribution < -0.4 is 15.0 Å². The van der Waals surface area contributed by atoms with E-state index in [0.717, 1.165) is 43.0 Å². The summed E-state index contributed by atoms with van der Waals surface area (Å²) in [5, 5.41) is 5.42. The third-order valence-electron chi connectivity index (χ3n) is 6.46. The van der Waals surface area contributed by atoms with Crippen molar-refractivity contribution < 1.29 is 8.42 Å². The first-order valence-corrected chi connectivity index (χ1v) is 14.6. The number of nitrogens with one attached hydrogen (secondary N) is 2. The second-order valence-corrected chi connectivity index (χ2v) is 11.3. The van der Waals surface area contributed by atoms with Crippen LogP contribution in [-0.4, -0.2) is 72.8 Å². The van der Waals surface area contributed by atoms with E-state index in [9.17, 15) is 8.42 Å². The molecule has 11 heteroatoms. The van der Waals surface area contributed by atoms with Crippen molar-refractivity contribution in [2.75, 3.05) is 49.1 Å². The van der Waals surface area contributed by atoms with Gasteiger partial charge in [0.2, 0.25) is 16.0 Å². The van der Waals surface area contributed by atoms with Gasteiger partial charge in [0.25, 0.3) is 0 Å². The Morgan fingerprint density at radius 3 is 2.44 bits per heavy atom. The fourth-order valence-corrected chi connectivity index (χ4v) is 5.38. The fourth-order valence-electron chi connectivity index (χ4n) is 4.38. The number of hydrogen-bond acceptors (Lipinski definition) is 9. The largest absolute Gasteiger partial charge is 0.324 e. The van der Waals surface area contributed by atoms with Crippen LogP contribution >= 0.6 is 0 Å². The summed E-state index contributed by atoms with van der Waals surface area (Å²) in [6, 6.07) is 20.4. The molecule has 0 spiro atoms. The Bertz CT molecular complexity index is 1490. The molecule has 2 N–H and O–H groups in total. The van der Waals surface area contributed by atoms with Gasteiger partial charge in [-0.3, -0.25) is 10.4 Å². The van der Waals surface area contributed by atoms with E-state index in [1.807, 2.05) is 48.5 Å². The Kier molecular flexibility index (Phi) is 8.13. The van der Waals surface area contributed by atoms with Gasteiger partial charge in [-0.15, -0.1) is 0 Å². The third-order valence-corrected chi connectivity index (χ3v) is 7.55. The quantitative estimate of drug-likeness (QED) is 0.327. The van der Waals surface area contributed by atoms with Crippen LogP contribution in [0.3, 0.4) is 0 Å². The molecule has 2 aromatic heterocycles. The minimum Gasteiger partial charge on any atom is -0.324 e. The molecule has 0 unspecified atom stereocenters. The summed E-state index contributed by atoms with van der Waals surface area (Å²) >= 11 is 0. The van der Waals surface area contributed by atoms with Gasteiger partial charge in [-0.1, -0.05) is 18.2 Å². The third kappa shape index (κ3) is 6.95. The van der Waals surface area contributed by atoms with E-state index in [1.54, 1.807) is 36.8 Å². The zero-order valence-electron chi connectivity index (χ0n) is 22.0. The first-order valence-electron chi connectivity index (χ1n) is 12.7.